The predicted molar refractivity (Wildman–Crippen MR) is 67.6 cm³/mol. The van der Waals surface area contributed by atoms with Crippen LogP contribution in [0.2, 0.25) is 0 Å². The van der Waals surface area contributed by atoms with Crippen LogP contribution in [-0.4, -0.2) is 4.98 Å². The van der Waals surface area contributed by atoms with E-state index >= 15 is 0 Å². The average molecular weight is 246 g/mol. The molecular formula is C14H15FN2O. The Labute approximate surface area is 105 Å². The Balaban J connectivity index is 2.11. The number of nitrogens with zero attached hydrogens (tertiary/aromatic N) is 1. The first-order valence-corrected chi connectivity index (χ1v) is 5.72. The Bertz CT molecular complexity index is 543. The highest BCUT2D eigenvalue weighted by molar-refractivity contribution is 5.33. The summed E-state index contributed by atoms with van der Waals surface area (Å²) in [6.45, 7) is 2.57. The molecule has 0 fully saturated rings. The van der Waals surface area contributed by atoms with Crippen LogP contribution in [0.3, 0.4) is 0 Å². The van der Waals surface area contributed by atoms with Crippen LogP contribution < -0.4 is 10.5 Å². The molecule has 1 heterocycles. The lowest BCUT2D eigenvalue weighted by molar-refractivity contribution is 0.301. The van der Waals surface area contributed by atoms with Gasteiger partial charge >= 0.3 is 0 Å². The van der Waals surface area contributed by atoms with Gasteiger partial charge in [0.25, 0.3) is 0 Å². The molecule has 94 valence electrons. The van der Waals surface area contributed by atoms with Crippen LogP contribution in [0.15, 0.2) is 36.5 Å². The molecule has 1 aromatic carbocycles. The highest BCUT2D eigenvalue weighted by Gasteiger charge is 2.05. The number of nitrogens with two attached hydrogens (primary N) is 1. The molecule has 18 heavy (non-hydrogen) atoms. The van der Waals surface area contributed by atoms with Crippen LogP contribution in [0, 0.1) is 12.7 Å². The molecule has 0 bridgehead atoms. The van der Waals surface area contributed by atoms with Crippen molar-refractivity contribution in [2.75, 3.05) is 0 Å². The van der Waals surface area contributed by atoms with Crippen LogP contribution in [0.1, 0.15) is 16.8 Å². The van der Waals surface area contributed by atoms with E-state index in [1.165, 1.54) is 12.1 Å². The number of benzene rings is 1. The third-order valence-corrected chi connectivity index (χ3v) is 2.70. The van der Waals surface area contributed by atoms with Crippen LogP contribution in [0.4, 0.5) is 4.39 Å². The van der Waals surface area contributed by atoms with Crippen molar-refractivity contribution in [2.24, 2.45) is 5.73 Å². The third-order valence-electron chi connectivity index (χ3n) is 2.70. The molecule has 0 spiro atoms. The number of pyridine rings is 1. The molecule has 0 aliphatic heterocycles. The number of hydrogen-bond acceptors (Lipinski definition) is 3. The Kier molecular flexibility index (Phi) is 3.89. The van der Waals surface area contributed by atoms with Gasteiger partial charge in [0.1, 0.15) is 18.2 Å². The van der Waals surface area contributed by atoms with E-state index in [0.29, 0.717) is 18.9 Å². The summed E-state index contributed by atoms with van der Waals surface area (Å²) in [7, 11) is 0. The van der Waals surface area contributed by atoms with Crippen LogP contribution in [0.25, 0.3) is 0 Å². The van der Waals surface area contributed by atoms with Gasteiger partial charge in [0.05, 0.1) is 5.69 Å². The highest BCUT2D eigenvalue weighted by Crippen LogP contribution is 2.20. The highest BCUT2D eigenvalue weighted by atomic mass is 19.1. The number of hydrogen-bond donors (Lipinski definition) is 1. The maximum absolute atomic E-state index is 12.9. The summed E-state index contributed by atoms with van der Waals surface area (Å²) in [4.78, 5) is 4.18. The van der Waals surface area contributed by atoms with Crippen molar-refractivity contribution >= 4 is 0 Å². The second-order valence-corrected chi connectivity index (χ2v) is 4.01. The van der Waals surface area contributed by atoms with Crippen molar-refractivity contribution in [1.82, 2.24) is 4.98 Å². The van der Waals surface area contributed by atoms with E-state index in [-0.39, 0.29) is 5.82 Å². The standard InChI is InChI=1S/C14H15FN2O/c1-10-7-12(15)4-5-14(10)18-9-11-3-2-6-17-13(11)8-16/h2-7H,8-9,16H2,1H3. The van der Waals surface area contributed by atoms with E-state index in [9.17, 15) is 4.39 Å². The Morgan fingerprint density at radius 2 is 2.17 bits per heavy atom. The quantitative estimate of drug-likeness (QED) is 0.902. The fourth-order valence-corrected chi connectivity index (χ4v) is 1.72. The average Bonchev–Trinajstić information content (AvgIpc) is 2.38. The summed E-state index contributed by atoms with van der Waals surface area (Å²) in [6.07, 6.45) is 1.70. The first-order chi connectivity index (χ1) is 8.70. The molecule has 2 aromatic rings. The first-order valence-electron chi connectivity index (χ1n) is 5.72. The maximum Gasteiger partial charge on any atom is 0.123 e. The zero-order chi connectivity index (χ0) is 13.0. The number of rotatable bonds is 4. The smallest absolute Gasteiger partial charge is 0.123 e. The van der Waals surface area contributed by atoms with Gasteiger partial charge in [-0.15, -0.1) is 0 Å². The summed E-state index contributed by atoms with van der Waals surface area (Å²) in [5.74, 6) is 0.409. The van der Waals surface area contributed by atoms with E-state index in [1.807, 2.05) is 19.1 Å². The van der Waals surface area contributed by atoms with E-state index in [2.05, 4.69) is 4.98 Å². The monoisotopic (exact) mass is 246 g/mol. The molecule has 0 aliphatic carbocycles. The molecule has 0 aliphatic rings. The van der Waals surface area contributed by atoms with Gasteiger partial charge in [0.15, 0.2) is 0 Å². The Hall–Kier alpha value is -1.94. The lowest BCUT2D eigenvalue weighted by Gasteiger charge is -2.11. The van der Waals surface area contributed by atoms with E-state index in [0.717, 1.165) is 16.8 Å². The number of ether oxygens (including phenoxy) is 1. The van der Waals surface area contributed by atoms with Crippen molar-refractivity contribution in [3.63, 3.8) is 0 Å². The summed E-state index contributed by atoms with van der Waals surface area (Å²) in [6, 6.07) is 8.23. The number of aromatic nitrogens is 1. The van der Waals surface area contributed by atoms with Crippen molar-refractivity contribution in [3.8, 4) is 5.75 Å². The molecule has 0 saturated heterocycles. The minimum atomic E-state index is -0.260. The van der Waals surface area contributed by atoms with E-state index < -0.39 is 0 Å². The molecule has 0 radical (unpaired) electrons. The molecular weight excluding hydrogens is 231 g/mol. The Morgan fingerprint density at radius 1 is 1.33 bits per heavy atom. The Morgan fingerprint density at radius 3 is 2.89 bits per heavy atom. The third kappa shape index (κ3) is 2.84. The zero-order valence-electron chi connectivity index (χ0n) is 10.2. The lowest BCUT2D eigenvalue weighted by atomic mass is 10.2. The summed E-state index contributed by atoms with van der Waals surface area (Å²) in [5.41, 5.74) is 8.14. The summed E-state index contributed by atoms with van der Waals surface area (Å²) in [5, 5.41) is 0. The molecule has 0 unspecified atom stereocenters. The van der Waals surface area contributed by atoms with Crippen LogP contribution in [-0.2, 0) is 13.2 Å². The largest absolute Gasteiger partial charge is 0.489 e. The molecule has 0 atom stereocenters. The van der Waals surface area contributed by atoms with Gasteiger partial charge in [-0.05, 0) is 36.8 Å². The van der Waals surface area contributed by atoms with Gasteiger partial charge in [-0.3, -0.25) is 4.98 Å². The minimum absolute atomic E-state index is 0.260. The second kappa shape index (κ2) is 5.60. The molecule has 0 amide bonds. The molecule has 3 nitrogen and oxygen atoms in total. The van der Waals surface area contributed by atoms with Gasteiger partial charge in [-0.2, -0.15) is 0 Å². The molecule has 4 heteroatoms. The second-order valence-electron chi connectivity index (χ2n) is 4.01. The predicted octanol–water partition coefficient (Wildman–Crippen LogP) is 2.57. The van der Waals surface area contributed by atoms with Crippen LogP contribution >= 0.6 is 0 Å². The fraction of sp³-hybridized carbons (Fsp3) is 0.214. The normalized spacial score (nSPS) is 10.4. The van der Waals surface area contributed by atoms with Crippen molar-refractivity contribution in [1.29, 1.82) is 0 Å². The first kappa shape index (κ1) is 12.5. The lowest BCUT2D eigenvalue weighted by Crippen LogP contribution is -2.07. The van der Waals surface area contributed by atoms with Crippen molar-refractivity contribution < 1.29 is 9.13 Å². The van der Waals surface area contributed by atoms with E-state index in [1.54, 1.807) is 12.3 Å². The summed E-state index contributed by atoms with van der Waals surface area (Å²) >= 11 is 0. The fourth-order valence-electron chi connectivity index (χ4n) is 1.72. The van der Waals surface area contributed by atoms with Gasteiger partial charge < -0.3 is 10.5 Å². The molecule has 2 rings (SSSR count). The topological polar surface area (TPSA) is 48.1 Å². The van der Waals surface area contributed by atoms with Crippen molar-refractivity contribution in [2.45, 2.75) is 20.1 Å². The van der Waals surface area contributed by atoms with Gasteiger partial charge in [-0.25, -0.2) is 4.39 Å². The SMILES string of the molecule is Cc1cc(F)ccc1OCc1cccnc1CN. The number of aryl methyl sites for hydroxylation is 1. The minimum Gasteiger partial charge on any atom is -0.489 e. The number of halogens is 1. The summed E-state index contributed by atoms with van der Waals surface area (Å²) < 4.78 is 18.6. The molecule has 1 aromatic heterocycles. The van der Waals surface area contributed by atoms with Crippen LogP contribution in [0.5, 0.6) is 5.75 Å². The van der Waals surface area contributed by atoms with E-state index in [4.69, 9.17) is 10.5 Å². The van der Waals surface area contributed by atoms with Crippen molar-refractivity contribution in [3.05, 3.63) is 59.2 Å². The maximum atomic E-state index is 12.9. The van der Waals surface area contributed by atoms with Gasteiger partial charge in [-0.1, -0.05) is 6.07 Å². The molecule has 0 saturated carbocycles. The van der Waals surface area contributed by atoms with Gasteiger partial charge in [0.2, 0.25) is 0 Å². The molecule has 2 N–H and O–H groups in total. The zero-order valence-corrected chi connectivity index (χ0v) is 10.2. The van der Waals surface area contributed by atoms with Gasteiger partial charge in [0, 0.05) is 18.3 Å².